The van der Waals surface area contributed by atoms with E-state index in [0.717, 1.165) is 6.54 Å². The molecule has 14 heavy (non-hydrogen) atoms. The van der Waals surface area contributed by atoms with Gasteiger partial charge in [0.2, 0.25) is 0 Å². The summed E-state index contributed by atoms with van der Waals surface area (Å²) in [6.07, 6.45) is 2.72. The number of aromatic nitrogens is 1. The SMILES string of the molecule is CC(NCCCC(=O)O)c1cncs1. The molecule has 1 aromatic rings. The van der Waals surface area contributed by atoms with E-state index in [0.29, 0.717) is 6.42 Å². The zero-order valence-electron chi connectivity index (χ0n) is 8.06. The van der Waals surface area contributed by atoms with Crippen LogP contribution in [0, 0.1) is 0 Å². The Kier molecular flexibility index (Phi) is 4.55. The first-order valence-corrected chi connectivity index (χ1v) is 5.41. The molecule has 0 aromatic carbocycles. The fourth-order valence-corrected chi connectivity index (χ4v) is 1.75. The molecule has 78 valence electrons. The molecular weight excluding hydrogens is 200 g/mol. The summed E-state index contributed by atoms with van der Waals surface area (Å²) in [7, 11) is 0. The van der Waals surface area contributed by atoms with Crippen LogP contribution in [0.4, 0.5) is 0 Å². The molecule has 0 bridgehead atoms. The van der Waals surface area contributed by atoms with Gasteiger partial charge in [-0.2, -0.15) is 0 Å². The van der Waals surface area contributed by atoms with Crippen molar-refractivity contribution in [1.29, 1.82) is 0 Å². The number of carboxylic acids is 1. The molecule has 0 aliphatic rings. The summed E-state index contributed by atoms with van der Waals surface area (Å²) in [5, 5.41) is 11.7. The number of carbonyl (C=O) groups is 1. The molecule has 0 spiro atoms. The lowest BCUT2D eigenvalue weighted by Crippen LogP contribution is -2.19. The van der Waals surface area contributed by atoms with Crippen LogP contribution in [0.5, 0.6) is 0 Å². The number of thiazole rings is 1. The van der Waals surface area contributed by atoms with Crippen molar-refractivity contribution in [2.45, 2.75) is 25.8 Å². The highest BCUT2D eigenvalue weighted by Gasteiger charge is 2.05. The molecule has 0 radical (unpaired) electrons. The van der Waals surface area contributed by atoms with E-state index in [1.54, 1.807) is 16.8 Å². The molecule has 0 fully saturated rings. The first-order chi connectivity index (χ1) is 6.70. The fourth-order valence-electron chi connectivity index (χ4n) is 1.10. The second-order valence-electron chi connectivity index (χ2n) is 3.08. The normalized spacial score (nSPS) is 12.6. The predicted octanol–water partition coefficient (Wildman–Crippen LogP) is 1.66. The largest absolute Gasteiger partial charge is 0.481 e. The second-order valence-corrected chi connectivity index (χ2v) is 3.99. The van der Waals surface area contributed by atoms with Crippen molar-refractivity contribution < 1.29 is 9.90 Å². The molecule has 0 aliphatic carbocycles. The van der Waals surface area contributed by atoms with Crippen molar-refractivity contribution in [1.82, 2.24) is 10.3 Å². The van der Waals surface area contributed by atoms with Crippen LogP contribution in [0.15, 0.2) is 11.7 Å². The van der Waals surface area contributed by atoms with Gasteiger partial charge in [0.1, 0.15) is 0 Å². The zero-order chi connectivity index (χ0) is 10.4. The van der Waals surface area contributed by atoms with Crippen molar-refractivity contribution in [2.24, 2.45) is 0 Å². The number of nitrogens with one attached hydrogen (secondary N) is 1. The molecular formula is C9H14N2O2S. The van der Waals surface area contributed by atoms with Gasteiger partial charge in [-0.25, -0.2) is 0 Å². The summed E-state index contributed by atoms with van der Waals surface area (Å²) < 4.78 is 0. The minimum Gasteiger partial charge on any atom is -0.481 e. The van der Waals surface area contributed by atoms with E-state index in [9.17, 15) is 4.79 Å². The third-order valence-electron chi connectivity index (χ3n) is 1.90. The van der Waals surface area contributed by atoms with E-state index in [1.165, 1.54) is 4.88 Å². The van der Waals surface area contributed by atoms with Crippen LogP contribution in [0.1, 0.15) is 30.7 Å². The lowest BCUT2D eigenvalue weighted by molar-refractivity contribution is -0.137. The van der Waals surface area contributed by atoms with Crippen LogP contribution >= 0.6 is 11.3 Å². The molecule has 1 atom stereocenters. The number of carboxylic acid groups (broad SMARTS) is 1. The third-order valence-corrected chi connectivity index (χ3v) is 2.85. The summed E-state index contributed by atoms with van der Waals surface area (Å²) in [5.74, 6) is -0.739. The minimum absolute atomic E-state index is 0.225. The maximum atomic E-state index is 10.2. The molecule has 1 unspecified atom stereocenters. The second kappa shape index (κ2) is 5.72. The molecule has 1 heterocycles. The van der Waals surface area contributed by atoms with Crippen LogP contribution in [0.25, 0.3) is 0 Å². The van der Waals surface area contributed by atoms with Gasteiger partial charge in [0.15, 0.2) is 0 Å². The number of rotatable bonds is 6. The standard InChI is InChI=1S/C9H14N2O2S/c1-7(8-5-10-6-14-8)11-4-2-3-9(12)13/h5-7,11H,2-4H2,1H3,(H,12,13). The number of aliphatic carboxylic acids is 1. The molecule has 0 saturated carbocycles. The van der Waals surface area contributed by atoms with Gasteiger partial charge >= 0.3 is 5.97 Å². The molecule has 0 saturated heterocycles. The van der Waals surface area contributed by atoms with Crippen molar-refractivity contribution in [3.8, 4) is 0 Å². The van der Waals surface area contributed by atoms with E-state index in [4.69, 9.17) is 5.11 Å². The average molecular weight is 214 g/mol. The smallest absolute Gasteiger partial charge is 0.303 e. The van der Waals surface area contributed by atoms with Crippen LogP contribution in [-0.4, -0.2) is 22.6 Å². The Balaban J connectivity index is 2.16. The van der Waals surface area contributed by atoms with Gasteiger partial charge in [-0.3, -0.25) is 9.78 Å². The average Bonchev–Trinajstić information content (AvgIpc) is 2.64. The van der Waals surface area contributed by atoms with Gasteiger partial charge in [-0.05, 0) is 19.9 Å². The van der Waals surface area contributed by atoms with E-state index in [1.807, 2.05) is 13.1 Å². The molecule has 0 aliphatic heterocycles. The van der Waals surface area contributed by atoms with Crippen LogP contribution in [0.3, 0.4) is 0 Å². The molecule has 1 aromatic heterocycles. The monoisotopic (exact) mass is 214 g/mol. The van der Waals surface area contributed by atoms with Gasteiger partial charge in [-0.15, -0.1) is 11.3 Å². The van der Waals surface area contributed by atoms with Crippen molar-refractivity contribution >= 4 is 17.3 Å². The van der Waals surface area contributed by atoms with Crippen molar-refractivity contribution in [3.05, 3.63) is 16.6 Å². The van der Waals surface area contributed by atoms with Gasteiger partial charge in [0.05, 0.1) is 5.51 Å². The maximum Gasteiger partial charge on any atom is 0.303 e. The highest BCUT2D eigenvalue weighted by Crippen LogP contribution is 2.15. The van der Waals surface area contributed by atoms with E-state index >= 15 is 0 Å². The third kappa shape index (κ3) is 3.85. The van der Waals surface area contributed by atoms with E-state index in [-0.39, 0.29) is 12.5 Å². The Morgan fingerprint density at radius 1 is 1.79 bits per heavy atom. The number of hydrogen-bond donors (Lipinski definition) is 2. The quantitative estimate of drug-likeness (QED) is 0.707. The molecule has 2 N–H and O–H groups in total. The summed E-state index contributed by atoms with van der Waals surface area (Å²) in [4.78, 5) is 15.4. The Morgan fingerprint density at radius 2 is 2.57 bits per heavy atom. The van der Waals surface area contributed by atoms with Crippen molar-refractivity contribution in [2.75, 3.05) is 6.54 Å². The highest BCUT2D eigenvalue weighted by atomic mass is 32.1. The van der Waals surface area contributed by atoms with Crippen LogP contribution in [-0.2, 0) is 4.79 Å². The highest BCUT2D eigenvalue weighted by molar-refractivity contribution is 7.09. The van der Waals surface area contributed by atoms with E-state index in [2.05, 4.69) is 10.3 Å². The zero-order valence-corrected chi connectivity index (χ0v) is 8.88. The first-order valence-electron chi connectivity index (χ1n) is 4.53. The Hall–Kier alpha value is -0.940. The Bertz CT molecular complexity index is 274. The topological polar surface area (TPSA) is 62.2 Å². The molecule has 4 nitrogen and oxygen atoms in total. The lowest BCUT2D eigenvalue weighted by atomic mass is 10.2. The van der Waals surface area contributed by atoms with Gasteiger partial charge in [-0.1, -0.05) is 0 Å². The summed E-state index contributed by atoms with van der Waals surface area (Å²) >= 11 is 1.61. The summed E-state index contributed by atoms with van der Waals surface area (Å²) in [5.41, 5.74) is 1.80. The maximum absolute atomic E-state index is 10.2. The number of hydrogen-bond acceptors (Lipinski definition) is 4. The summed E-state index contributed by atoms with van der Waals surface area (Å²) in [6.45, 7) is 2.78. The first kappa shape index (κ1) is 11.1. The lowest BCUT2D eigenvalue weighted by Gasteiger charge is -2.10. The van der Waals surface area contributed by atoms with Gasteiger partial charge < -0.3 is 10.4 Å². The minimum atomic E-state index is -0.739. The van der Waals surface area contributed by atoms with Crippen LogP contribution in [0.2, 0.25) is 0 Å². The summed E-state index contributed by atoms with van der Waals surface area (Å²) in [6, 6.07) is 0.260. The van der Waals surface area contributed by atoms with Gasteiger partial charge in [0, 0.05) is 23.5 Å². The molecule has 5 heteroatoms. The van der Waals surface area contributed by atoms with E-state index < -0.39 is 5.97 Å². The molecule has 0 amide bonds. The molecule has 1 rings (SSSR count). The fraction of sp³-hybridized carbons (Fsp3) is 0.556. The van der Waals surface area contributed by atoms with Crippen LogP contribution < -0.4 is 5.32 Å². The Morgan fingerprint density at radius 3 is 3.14 bits per heavy atom. The Labute approximate surface area is 87.0 Å². The van der Waals surface area contributed by atoms with Gasteiger partial charge in [0.25, 0.3) is 0 Å². The van der Waals surface area contributed by atoms with Crippen molar-refractivity contribution in [3.63, 3.8) is 0 Å². The predicted molar refractivity (Wildman–Crippen MR) is 55.4 cm³/mol. The number of nitrogens with zero attached hydrogens (tertiary/aromatic N) is 1.